The van der Waals surface area contributed by atoms with Crippen LogP contribution in [0.3, 0.4) is 0 Å². The van der Waals surface area contributed by atoms with Crippen LogP contribution in [0.15, 0.2) is 12.2 Å². The van der Waals surface area contributed by atoms with E-state index >= 15 is 0 Å². The molecule has 0 aromatic rings. The lowest BCUT2D eigenvalue weighted by atomic mass is 9.82. The van der Waals surface area contributed by atoms with Crippen LogP contribution < -0.4 is 0 Å². The number of carbonyl (C=O) groups excluding carboxylic acids is 1. The summed E-state index contributed by atoms with van der Waals surface area (Å²) in [6.45, 7) is 1.42. The molecule has 5 nitrogen and oxygen atoms in total. The molecule has 4 atom stereocenters. The van der Waals surface area contributed by atoms with Gasteiger partial charge in [-0.1, -0.05) is 12.2 Å². The summed E-state index contributed by atoms with van der Waals surface area (Å²) in [5.74, 6) is -1.62. The minimum Gasteiger partial charge on any atom is -0.481 e. The van der Waals surface area contributed by atoms with Gasteiger partial charge >= 0.3 is 5.97 Å². The van der Waals surface area contributed by atoms with Gasteiger partial charge in [-0.15, -0.1) is 0 Å². The van der Waals surface area contributed by atoms with E-state index in [9.17, 15) is 14.7 Å². The van der Waals surface area contributed by atoms with Crippen LogP contribution in [0.5, 0.6) is 0 Å². The highest BCUT2D eigenvalue weighted by Gasteiger charge is 2.52. The van der Waals surface area contributed by atoms with Crippen molar-refractivity contribution in [2.45, 2.75) is 6.42 Å². The summed E-state index contributed by atoms with van der Waals surface area (Å²) in [6, 6.07) is 0. The SMILES string of the molecule is CN(C)CCN(C)C(=O)C1C2C=CC(C2)C1C(=O)O. The van der Waals surface area contributed by atoms with E-state index in [4.69, 9.17) is 0 Å². The monoisotopic (exact) mass is 266 g/mol. The normalized spacial score (nSPS) is 32.0. The number of fused-ring (bicyclic) bond motifs is 2. The highest BCUT2D eigenvalue weighted by molar-refractivity contribution is 5.86. The summed E-state index contributed by atoms with van der Waals surface area (Å²) in [5, 5.41) is 9.34. The van der Waals surface area contributed by atoms with Gasteiger partial charge < -0.3 is 14.9 Å². The number of likely N-dealkylation sites (N-methyl/N-ethyl adjacent to an activating group) is 2. The highest BCUT2D eigenvalue weighted by atomic mass is 16.4. The molecule has 1 N–H and O–H groups in total. The molecular formula is C14H22N2O3. The van der Waals surface area contributed by atoms with Gasteiger partial charge in [-0.2, -0.15) is 0 Å². The number of amides is 1. The van der Waals surface area contributed by atoms with Gasteiger partial charge in [0.1, 0.15) is 0 Å². The second kappa shape index (κ2) is 5.33. The molecule has 0 spiro atoms. The summed E-state index contributed by atoms with van der Waals surface area (Å²) in [4.78, 5) is 27.5. The van der Waals surface area contributed by atoms with E-state index in [1.807, 2.05) is 31.1 Å². The fraction of sp³-hybridized carbons (Fsp3) is 0.714. The summed E-state index contributed by atoms with van der Waals surface area (Å²) in [6.07, 6.45) is 4.80. The third-order valence-electron chi connectivity index (χ3n) is 4.29. The van der Waals surface area contributed by atoms with Crippen molar-refractivity contribution < 1.29 is 14.7 Å². The third-order valence-corrected chi connectivity index (χ3v) is 4.29. The second-order valence-electron chi connectivity index (χ2n) is 5.90. The molecular weight excluding hydrogens is 244 g/mol. The molecule has 2 rings (SSSR count). The van der Waals surface area contributed by atoms with Crippen molar-refractivity contribution in [1.29, 1.82) is 0 Å². The first-order chi connectivity index (χ1) is 8.91. The largest absolute Gasteiger partial charge is 0.481 e. The first-order valence-corrected chi connectivity index (χ1v) is 6.72. The Morgan fingerprint density at radius 2 is 1.68 bits per heavy atom. The fourth-order valence-electron chi connectivity index (χ4n) is 3.21. The predicted octanol–water partition coefficient (Wildman–Crippen LogP) is 0.529. The Hall–Kier alpha value is -1.36. The molecule has 19 heavy (non-hydrogen) atoms. The van der Waals surface area contributed by atoms with E-state index in [-0.39, 0.29) is 23.7 Å². The molecule has 0 aromatic heterocycles. The molecule has 5 heteroatoms. The number of carbonyl (C=O) groups is 2. The van der Waals surface area contributed by atoms with Gasteiger partial charge in [0.25, 0.3) is 0 Å². The molecule has 1 fully saturated rings. The quantitative estimate of drug-likeness (QED) is 0.737. The van der Waals surface area contributed by atoms with Crippen LogP contribution in [0.4, 0.5) is 0 Å². The van der Waals surface area contributed by atoms with Gasteiger partial charge in [0.15, 0.2) is 0 Å². The topological polar surface area (TPSA) is 60.9 Å². The van der Waals surface area contributed by atoms with Crippen molar-refractivity contribution in [1.82, 2.24) is 9.80 Å². The molecule has 0 radical (unpaired) electrons. The van der Waals surface area contributed by atoms with E-state index in [0.29, 0.717) is 6.54 Å². The smallest absolute Gasteiger partial charge is 0.307 e. The Labute approximate surface area is 113 Å². The first kappa shape index (κ1) is 14.1. The lowest BCUT2D eigenvalue weighted by Crippen LogP contribution is -2.43. The Bertz CT molecular complexity index is 405. The van der Waals surface area contributed by atoms with Crippen molar-refractivity contribution in [3.63, 3.8) is 0 Å². The molecule has 4 unspecified atom stereocenters. The highest BCUT2D eigenvalue weighted by Crippen LogP contribution is 2.48. The van der Waals surface area contributed by atoms with Crippen molar-refractivity contribution in [3.8, 4) is 0 Å². The van der Waals surface area contributed by atoms with Crippen molar-refractivity contribution in [3.05, 3.63) is 12.2 Å². The molecule has 1 amide bonds. The van der Waals surface area contributed by atoms with Crippen LogP contribution in [0, 0.1) is 23.7 Å². The summed E-state index contributed by atoms with van der Waals surface area (Å²) in [5.41, 5.74) is 0. The summed E-state index contributed by atoms with van der Waals surface area (Å²) in [7, 11) is 5.68. The Morgan fingerprint density at radius 3 is 2.21 bits per heavy atom. The standard InChI is InChI=1S/C14H22N2O3/c1-15(2)6-7-16(3)13(17)11-9-4-5-10(8-9)12(11)14(18)19/h4-5,9-12H,6-8H2,1-3H3,(H,18,19). The van der Waals surface area contributed by atoms with Crippen molar-refractivity contribution in [2.24, 2.45) is 23.7 Å². The summed E-state index contributed by atoms with van der Waals surface area (Å²) < 4.78 is 0. The second-order valence-corrected chi connectivity index (χ2v) is 5.90. The minimum atomic E-state index is -0.837. The predicted molar refractivity (Wildman–Crippen MR) is 71.5 cm³/mol. The van der Waals surface area contributed by atoms with Gasteiger partial charge in [0.05, 0.1) is 11.8 Å². The molecule has 0 aliphatic heterocycles. The van der Waals surface area contributed by atoms with Crippen LogP contribution >= 0.6 is 0 Å². The number of rotatable bonds is 5. The zero-order chi connectivity index (χ0) is 14.2. The molecule has 106 valence electrons. The number of nitrogens with zero attached hydrogens (tertiary/aromatic N) is 2. The average Bonchev–Trinajstić information content (AvgIpc) is 2.94. The number of hydrogen-bond acceptors (Lipinski definition) is 3. The number of carboxylic acids is 1. The van der Waals surface area contributed by atoms with E-state index in [2.05, 4.69) is 0 Å². The van der Waals surface area contributed by atoms with Gasteiger partial charge in [-0.3, -0.25) is 9.59 Å². The molecule has 2 aliphatic carbocycles. The van der Waals surface area contributed by atoms with Gasteiger partial charge in [0, 0.05) is 20.1 Å². The molecule has 0 heterocycles. The van der Waals surface area contributed by atoms with E-state index < -0.39 is 11.9 Å². The average molecular weight is 266 g/mol. The number of carboxylic acid groups (broad SMARTS) is 1. The number of hydrogen-bond donors (Lipinski definition) is 1. The van der Waals surface area contributed by atoms with Crippen LogP contribution in [-0.2, 0) is 9.59 Å². The Morgan fingerprint density at radius 1 is 1.11 bits per heavy atom. The zero-order valence-corrected chi connectivity index (χ0v) is 11.7. The maximum absolute atomic E-state index is 12.5. The Kier molecular flexibility index (Phi) is 3.94. The van der Waals surface area contributed by atoms with E-state index in [1.54, 1.807) is 11.9 Å². The van der Waals surface area contributed by atoms with E-state index in [1.165, 1.54) is 0 Å². The molecule has 1 saturated carbocycles. The lowest BCUT2D eigenvalue weighted by molar-refractivity contribution is -0.150. The summed E-state index contributed by atoms with van der Waals surface area (Å²) >= 11 is 0. The molecule has 0 saturated heterocycles. The van der Waals surface area contributed by atoms with Crippen LogP contribution in [-0.4, -0.2) is 61.0 Å². The van der Waals surface area contributed by atoms with Crippen LogP contribution in [0.2, 0.25) is 0 Å². The number of aliphatic carboxylic acids is 1. The van der Waals surface area contributed by atoms with Gasteiger partial charge in [-0.25, -0.2) is 0 Å². The van der Waals surface area contributed by atoms with E-state index in [0.717, 1.165) is 13.0 Å². The minimum absolute atomic E-state index is 0.0221. The van der Waals surface area contributed by atoms with Crippen molar-refractivity contribution in [2.75, 3.05) is 34.2 Å². The van der Waals surface area contributed by atoms with Gasteiger partial charge in [-0.05, 0) is 32.4 Å². The maximum atomic E-state index is 12.5. The Balaban J connectivity index is 2.05. The first-order valence-electron chi connectivity index (χ1n) is 6.72. The molecule has 2 bridgehead atoms. The maximum Gasteiger partial charge on any atom is 0.307 e. The van der Waals surface area contributed by atoms with Crippen LogP contribution in [0.25, 0.3) is 0 Å². The zero-order valence-electron chi connectivity index (χ0n) is 11.7. The van der Waals surface area contributed by atoms with Gasteiger partial charge in [0.2, 0.25) is 5.91 Å². The lowest BCUT2D eigenvalue weighted by Gasteiger charge is -2.29. The van der Waals surface area contributed by atoms with Crippen LogP contribution in [0.1, 0.15) is 6.42 Å². The van der Waals surface area contributed by atoms with Crippen molar-refractivity contribution >= 4 is 11.9 Å². The number of allylic oxidation sites excluding steroid dienone is 2. The molecule has 2 aliphatic rings. The molecule has 0 aromatic carbocycles. The fourth-order valence-corrected chi connectivity index (χ4v) is 3.21. The third kappa shape index (κ3) is 2.66.